The van der Waals surface area contributed by atoms with Gasteiger partial charge in [-0.05, 0) is 26.8 Å². The molecule has 12 heavy (non-hydrogen) atoms. The van der Waals surface area contributed by atoms with Gasteiger partial charge in [-0.1, -0.05) is 6.07 Å². The zero-order chi connectivity index (χ0) is 9.19. The molecule has 0 N–H and O–H groups in total. The molecule has 0 fully saturated rings. The highest BCUT2D eigenvalue weighted by molar-refractivity contribution is 7.92. The molecule has 0 saturated carbocycles. The Morgan fingerprint density at radius 3 is 2.42 bits per heavy atom. The van der Waals surface area contributed by atoms with Crippen LogP contribution in [0.15, 0.2) is 29.4 Å². The topological polar surface area (TPSA) is 36.0 Å². The summed E-state index contributed by atoms with van der Waals surface area (Å²) in [5.41, 5.74) is 0. The maximum atomic E-state index is 11.7. The number of hydrogen-bond donors (Lipinski definition) is 0. The van der Waals surface area contributed by atoms with E-state index < -0.39 is 11.2 Å². The van der Waals surface area contributed by atoms with Crippen molar-refractivity contribution in [3.8, 4) is 0 Å². The van der Waals surface area contributed by atoms with Crippen LogP contribution in [-0.2, 0) is 11.2 Å². The molecule has 0 radical (unpaired) electrons. The van der Waals surface area contributed by atoms with Gasteiger partial charge in [0.05, 0.1) is 0 Å². The normalized spacial score (nSPS) is 14.3. The second-order valence-corrected chi connectivity index (χ2v) is 5.73. The maximum absolute atomic E-state index is 11.7. The minimum atomic E-state index is -1.01. The van der Waals surface area contributed by atoms with Gasteiger partial charge in [-0.2, -0.15) is 0 Å². The molecule has 0 aliphatic heterocycles. The lowest BCUT2D eigenvalue weighted by Gasteiger charge is -2.22. The Labute approximate surface area is 76.2 Å². The van der Waals surface area contributed by atoms with Crippen molar-refractivity contribution in [2.75, 3.05) is 0 Å². The van der Waals surface area contributed by atoms with E-state index in [9.17, 15) is 4.55 Å². The van der Waals surface area contributed by atoms with Gasteiger partial charge in [-0.3, -0.25) is 0 Å². The number of nitrogens with zero attached hydrogens (tertiary/aromatic N) is 1. The monoisotopic (exact) mass is 183 g/mol. The number of pyridine rings is 1. The Kier molecular flexibility index (Phi) is 2.75. The van der Waals surface area contributed by atoms with Gasteiger partial charge in [0, 0.05) is 23.4 Å². The van der Waals surface area contributed by atoms with Crippen LogP contribution < -0.4 is 0 Å². The fourth-order valence-corrected chi connectivity index (χ4v) is 1.76. The zero-order valence-electron chi connectivity index (χ0n) is 7.57. The van der Waals surface area contributed by atoms with Crippen molar-refractivity contribution in [2.45, 2.75) is 30.5 Å². The van der Waals surface area contributed by atoms with Crippen molar-refractivity contribution in [1.29, 1.82) is 0 Å². The molecule has 0 aliphatic carbocycles. The molecule has 66 valence electrons. The van der Waals surface area contributed by atoms with E-state index in [1.165, 1.54) is 0 Å². The summed E-state index contributed by atoms with van der Waals surface area (Å²) in [6, 6.07) is 5.47. The highest BCUT2D eigenvalue weighted by atomic mass is 32.2. The first-order valence-corrected chi connectivity index (χ1v) is 5.00. The van der Waals surface area contributed by atoms with Gasteiger partial charge in [0.1, 0.15) is 4.75 Å². The summed E-state index contributed by atoms with van der Waals surface area (Å²) in [5, 5.41) is 0.657. The van der Waals surface area contributed by atoms with E-state index in [-0.39, 0.29) is 4.75 Å². The van der Waals surface area contributed by atoms with Crippen molar-refractivity contribution >= 4 is 11.2 Å². The van der Waals surface area contributed by atoms with Crippen molar-refractivity contribution in [2.24, 2.45) is 0 Å². The molecule has 2 nitrogen and oxygen atoms in total. The van der Waals surface area contributed by atoms with Crippen LogP contribution in [0.5, 0.6) is 0 Å². The van der Waals surface area contributed by atoms with Crippen LogP contribution in [0, 0.1) is 0 Å². The Bertz CT molecular complexity index is 242. The summed E-state index contributed by atoms with van der Waals surface area (Å²) in [4.78, 5) is 4.04. The van der Waals surface area contributed by atoms with Gasteiger partial charge >= 0.3 is 0 Å². The largest absolute Gasteiger partial charge is 0.610 e. The average Bonchev–Trinajstić information content (AvgIpc) is 2.03. The van der Waals surface area contributed by atoms with Gasteiger partial charge in [-0.25, -0.2) is 4.98 Å². The summed E-state index contributed by atoms with van der Waals surface area (Å²) in [7, 11) is 0. The number of hydrogen-bond acceptors (Lipinski definition) is 2. The van der Waals surface area contributed by atoms with Crippen LogP contribution in [-0.4, -0.2) is 14.3 Å². The Morgan fingerprint density at radius 2 is 2.00 bits per heavy atom. The molecule has 1 aromatic rings. The van der Waals surface area contributed by atoms with Crippen LogP contribution in [0.3, 0.4) is 0 Å². The van der Waals surface area contributed by atoms with Crippen LogP contribution in [0.1, 0.15) is 20.8 Å². The third-order valence-corrected chi connectivity index (χ3v) is 3.12. The van der Waals surface area contributed by atoms with Gasteiger partial charge in [0.25, 0.3) is 0 Å². The first kappa shape index (κ1) is 9.55. The molecule has 1 unspecified atom stereocenters. The summed E-state index contributed by atoms with van der Waals surface area (Å²) in [6.07, 6.45) is 1.67. The molecular formula is C9H13NOS. The molecule has 0 saturated heterocycles. The predicted octanol–water partition coefficient (Wildman–Crippen LogP) is 1.99. The van der Waals surface area contributed by atoms with Gasteiger partial charge in [-0.15, -0.1) is 0 Å². The molecule has 0 aliphatic rings. The van der Waals surface area contributed by atoms with Crippen LogP contribution in [0.4, 0.5) is 0 Å². The molecule has 0 spiro atoms. The summed E-state index contributed by atoms with van der Waals surface area (Å²) >= 11 is -1.01. The highest BCUT2D eigenvalue weighted by Gasteiger charge is 2.28. The lowest BCUT2D eigenvalue weighted by Crippen LogP contribution is -2.28. The van der Waals surface area contributed by atoms with Crippen LogP contribution in [0.2, 0.25) is 0 Å². The lowest BCUT2D eigenvalue weighted by atomic mass is 10.3. The van der Waals surface area contributed by atoms with E-state index in [1.54, 1.807) is 12.3 Å². The highest BCUT2D eigenvalue weighted by Crippen LogP contribution is 2.22. The molecule has 3 heteroatoms. The van der Waals surface area contributed by atoms with Gasteiger partial charge in [0.15, 0.2) is 0 Å². The summed E-state index contributed by atoms with van der Waals surface area (Å²) < 4.78 is 11.5. The van der Waals surface area contributed by atoms with Gasteiger partial charge < -0.3 is 4.55 Å². The average molecular weight is 183 g/mol. The van der Waals surface area contributed by atoms with E-state index >= 15 is 0 Å². The predicted molar refractivity (Wildman–Crippen MR) is 50.4 cm³/mol. The molecule has 1 rings (SSSR count). The van der Waals surface area contributed by atoms with Crippen molar-refractivity contribution < 1.29 is 4.55 Å². The summed E-state index contributed by atoms with van der Waals surface area (Å²) in [6.45, 7) is 5.83. The standard InChI is InChI=1S/C9H13NOS/c1-9(2,3)12(11)8-6-4-5-7-10-8/h4-7H,1-3H3. The SMILES string of the molecule is CC(C)(C)[S+]([O-])c1ccccn1. The fraction of sp³-hybridized carbons (Fsp3) is 0.444. The molecule has 0 bridgehead atoms. The quantitative estimate of drug-likeness (QED) is 0.624. The Morgan fingerprint density at radius 1 is 1.33 bits per heavy atom. The Hall–Kier alpha value is -0.540. The third-order valence-electron chi connectivity index (χ3n) is 1.38. The minimum Gasteiger partial charge on any atom is -0.610 e. The van der Waals surface area contributed by atoms with E-state index in [2.05, 4.69) is 4.98 Å². The molecule has 0 aromatic carbocycles. The second kappa shape index (κ2) is 3.46. The van der Waals surface area contributed by atoms with Crippen LogP contribution >= 0.6 is 0 Å². The second-order valence-electron chi connectivity index (χ2n) is 3.55. The first-order chi connectivity index (χ1) is 5.52. The minimum absolute atomic E-state index is 0.228. The maximum Gasteiger partial charge on any atom is 0.244 e. The van der Waals surface area contributed by atoms with Crippen LogP contribution in [0.25, 0.3) is 0 Å². The molecular weight excluding hydrogens is 170 g/mol. The van der Waals surface area contributed by atoms with Gasteiger partial charge in [0.2, 0.25) is 5.03 Å². The molecule has 0 amide bonds. The molecule has 1 atom stereocenters. The van der Waals surface area contributed by atoms with E-state index in [0.29, 0.717) is 5.03 Å². The third kappa shape index (κ3) is 2.22. The van der Waals surface area contributed by atoms with E-state index in [0.717, 1.165) is 0 Å². The van der Waals surface area contributed by atoms with E-state index in [4.69, 9.17) is 0 Å². The number of rotatable bonds is 1. The zero-order valence-corrected chi connectivity index (χ0v) is 8.39. The van der Waals surface area contributed by atoms with Crippen molar-refractivity contribution in [3.05, 3.63) is 24.4 Å². The fourth-order valence-electron chi connectivity index (χ4n) is 0.770. The Balaban J connectivity index is 2.86. The van der Waals surface area contributed by atoms with Crippen molar-refractivity contribution in [1.82, 2.24) is 4.98 Å². The van der Waals surface area contributed by atoms with E-state index in [1.807, 2.05) is 32.9 Å². The first-order valence-electron chi connectivity index (χ1n) is 3.85. The number of aromatic nitrogens is 1. The molecule has 1 heterocycles. The summed E-state index contributed by atoms with van der Waals surface area (Å²) in [5.74, 6) is 0. The lowest BCUT2D eigenvalue weighted by molar-refractivity contribution is 0.555. The van der Waals surface area contributed by atoms with Crippen molar-refractivity contribution in [3.63, 3.8) is 0 Å². The molecule has 1 aromatic heterocycles. The smallest absolute Gasteiger partial charge is 0.244 e.